The number of nitrogens with zero attached hydrogens (tertiary/aromatic N) is 1. The number of furan rings is 1. The van der Waals surface area contributed by atoms with Crippen LogP contribution < -0.4 is 0 Å². The molecule has 0 fully saturated rings. The number of para-hydroxylation sites is 1. The lowest BCUT2D eigenvalue weighted by molar-refractivity contribution is -0.129. The van der Waals surface area contributed by atoms with Gasteiger partial charge in [-0.25, -0.2) is 0 Å². The first kappa shape index (κ1) is 18.0. The van der Waals surface area contributed by atoms with Gasteiger partial charge in [-0.3, -0.25) is 9.59 Å². The Balaban J connectivity index is 1.79. The summed E-state index contributed by atoms with van der Waals surface area (Å²) in [6.07, 6.45) is 1.69. The van der Waals surface area contributed by atoms with Crippen LogP contribution in [0.2, 0.25) is 0 Å². The summed E-state index contributed by atoms with van der Waals surface area (Å²) in [6.45, 7) is 2.50. The first-order chi connectivity index (χ1) is 13.6. The lowest BCUT2D eigenvalue weighted by Crippen LogP contribution is -2.32. The lowest BCUT2D eigenvalue weighted by atomic mass is 9.95. The summed E-state index contributed by atoms with van der Waals surface area (Å²) in [7, 11) is 0. The van der Waals surface area contributed by atoms with Gasteiger partial charge in [-0.15, -0.1) is 0 Å². The average molecular weight is 375 g/mol. The molecule has 1 aromatic heterocycles. The van der Waals surface area contributed by atoms with Gasteiger partial charge in [0, 0.05) is 11.9 Å². The van der Waals surface area contributed by atoms with E-state index in [-0.39, 0.29) is 11.3 Å². The normalized spacial score (nSPS) is 17.0. The molecule has 4 rings (SSSR count). The van der Waals surface area contributed by atoms with Crippen LogP contribution in [0, 0.1) is 0 Å². The number of hydrogen-bond donors (Lipinski definition) is 1. The molecule has 2 aromatic carbocycles. The minimum Gasteiger partial charge on any atom is -0.503 e. The molecule has 0 saturated heterocycles. The van der Waals surface area contributed by atoms with E-state index >= 15 is 0 Å². The van der Waals surface area contributed by atoms with Crippen molar-refractivity contribution in [1.82, 2.24) is 4.90 Å². The van der Waals surface area contributed by atoms with Crippen LogP contribution >= 0.6 is 0 Å². The number of carbonyl (C=O) groups excluding carboxylic acids is 2. The Kier molecular flexibility index (Phi) is 4.74. The van der Waals surface area contributed by atoms with Crippen LogP contribution in [0.1, 0.15) is 41.9 Å². The van der Waals surface area contributed by atoms with Gasteiger partial charge in [-0.05, 0) is 24.1 Å². The maximum absolute atomic E-state index is 13.3. The molecular weight excluding hydrogens is 354 g/mol. The number of aliphatic hydroxyl groups is 1. The monoisotopic (exact) mass is 375 g/mol. The van der Waals surface area contributed by atoms with Crippen LogP contribution in [0.3, 0.4) is 0 Å². The van der Waals surface area contributed by atoms with E-state index in [1.54, 1.807) is 17.0 Å². The molecule has 0 spiro atoms. The molecule has 0 radical (unpaired) electrons. The van der Waals surface area contributed by atoms with Gasteiger partial charge in [0.2, 0.25) is 5.78 Å². The number of benzene rings is 2. The van der Waals surface area contributed by atoms with Crippen LogP contribution in [-0.2, 0) is 4.79 Å². The molecule has 1 aliphatic heterocycles. The second kappa shape index (κ2) is 7.35. The van der Waals surface area contributed by atoms with Gasteiger partial charge >= 0.3 is 0 Å². The molecule has 0 aliphatic carbocycles. The van der Waals surface area contributed by atoms with Gasteiger partial charge in [0.1, 0.15) is 5.58 Å². The van der Waals surface area contributed by atoms with E-state index in [2.05, 4.69) is 0 Å². The fraction of sp³-hybridized carbons (Fsp3) is 0.217. The van der Waals surface area contributed by atoms with Crippen molar-refractivity contribution in [2.24, 2.45) is 0 Å². The Morgan fingerprint density at radius 2 is 1.82 bits per heavy atom. The molecule has 1 N–H and O–H groups in total. The minimum atomic E-state index is -0.624. The maximum atomic E-state index is 13.3. The molecule has 3 aromatic rings. The third-order valence-corrected chi connectivity index (χ3v) is 5.07. The SMILES string of the molecule is CCCCN1C(=O)C(O)=C(C(=O)c2cc3ccccc3o2)C1c1ccccc1. The van der Waals surface area contributed by atoms with Crippen molar-refractivity contribution in [2.75, 3.05) is 6.54 Å². The summed E-state index contributed by atoms with van der Waals surface area (Å²) in [4.78, 5) is 27.6. The number of Topliss-reactive ketones (excluding diaryl/α,β-unsaturated/α-hetero) is 1. The van der Waals surface area contributed by atoms with Gasteiger partial charge in [-0.1, -0.05) is 61.9 Å². The Hall–Kier alpha value is -3.34. The summed E-state index contributed by atoms with van der Waals surface area (Å²) < 4.78 is 5.70. The number of unbranched alkanes of at least 4 members (excludes halogenated alkanes) is 1. The zero-order chi connectivity index (χ0) is 19.7. The highest BCUT2D eigenvalue weighted by Crippen LogP contribution is 2.39. The second-order valence-electron chi connectivity index (χ2n) is 6.91. The maximum Gasteiger partial charge on any atom is 0.290 e. The standard InChI is InChI=1S/C23H21NO4/c1-2-3-13-24-20(15-9-5-4-6-10-15)19(22(26)23(24)27)21(25)18-14-16-11-7-8-12-17(16)28-18/h4-12,14,20,26H,2-3,13H2,1H3. The van der Waals surface area contributed by atoms with E-state index < -0.39 is 23.5 Å². The molecule has 1 amide bonds. The number of amides is 1. The highest BCUT2D eigenvalue weighted by molar-refractivity contribution is 6.16. The number of fused-ring (bicyclic) bond motifs is 1. The van der Waals surface area contributed by atoms with E-state index in [0.717, 1.165) is 23.8 Å². The molecular formula is C23H21NO4. The second-order valence-corrected chi connectivity index (χ2v) is 6.91. The third-order valence-electron chi connectivity index (χ3n) is 5.07. The van der Waals surface area contributed by atoms with Crippen LogP contribution in [0.4, 0.5) is 0 Å². The number of aliphatic hydroxyl groups excluding tert-OH is 1. The van der Waals surface area contributed by atoms with Crippen LogP contribution in [0.5, 0.6) is 0 Å². The molecule has 0 saturated carbocycles. The van der Waals surface area contributed by atoms with E-state index in [1.807, 2.05) is 55.5 Å². The summed E-state index contributed by atoms with van der Waals surface area (Å²) in [5, 5.41) is 11.4. The van der Waals surface area contributed by atoms with Crippen molar-refractivity contribution < 1.29 is 19.1 Å². The van der Waals surface area contributed by atoms with E-state index in [4.69, 9.17) is 4.42 Å². The zero-order valence-corrected chi connectivity index (χ0v) is 15.6. The van der Waals surface area contributed by atoms with Gasteiger partial charge < -0.3 is 14.4 Å². The quantitative estimate of drug-likeness (QED) is 0.628. The van der Waals surface area contributed by atoms with Gasteiger partial charge in [-0.2, -0.15) is 0 Å². The van der Waals surface area contributed by atoms with Gasteiger partial charge in [0.25, 0.3) is 5.91 Å². The summed E-state index contributed by atoms with van der Waals surface area (Å²) in [6, 6.07) is 17.7. The fourth-order valence-electron chi connectivity index (χ4n) is 3.65. The van der Waals surface area contributed by atoms with E-state index in [9.17, 15) is 14.7 Å². The van der Waals surface area contributed by atoms with Crippen LogP contribution in [0.15, 0.2) is 76.4 Å². The van der Waals surface area contributed by atoms with Crippen molar-refractivity contribution in [3.05, 3.63) is 83.3 Å². The van der Waals surface area contributed by atoms with Gasteiger partial charge in [0.15, 0.2) is 11.5 Å². The van der Waals surface area contributed by atoms with Gasteiger partial charge in [0.05, 0.1) is 11.6 Å². The molecule has 28 heavy (non-hydrogen) atoms. The first-order valence-corrected chi connectivity index (χ1v) is 9.44. The first-order valence-electron chi connectivity index (χ1n) is 9.44. The van der Waals surface area contributed by atoms with Crippen LogP contribution in [0.25, 0.3) is 11.0 Å². The number of ketones is 1. The van der Waals surface area contributed by atoms with E-state index in [0.29, 0.717) is 12.1 Å². The predicted molar refractivity (Wildman–Crippen MR) is 106 cm³/mol. The number of carbonyl (C=O) groups is 2. The Labute approximate surface area is 162 Å². The predicted octanol–water partition coefficient (Wildman–Crippen LogP) is 4.81. The Morgan fingerprint density at radius 3 is 2.54 bits per heavy atom. The average Bonchev–Trinajstić information content (AvgIpc) is 3.26. The number of rotatable bonds is 6. The molecule has 0 bridgehead atoms. The highest BCUT2D eigenvalue weighted by atomic mass is 16.3. The zero-order valence-electron chi connectivity index (χ0n) is 15.6. The van der Waals surface area contributed by atoms with Crippen molar-refractivity contribution >= 4 is 22.7 Å². The van der Waals surface area contributed by atoms with Crippen molar-refractivity contribution in [1.29, 1.82) is 0 Å². The Bertz CT molecular complexity index is 1030. The molecule has 2 heterocycles. The topological polar surface area (TPSA) is 70.8 Å². The third kappa shape index (κ3) is 2.99. The van der Waals surface area contributed by atoms with Crippen molar-refractivity contribution in [3.8, 4) is 0 Å². The molecule has 142 valence electrons. The fourth-order valence-corrected chi connectivity index (χ4v) is 3.65. The molecule has 1 atom stereocenters. The molecule has 1 unspecified atom stereocenters. The highest BCUT2D eigenvalue weighted by Gasteiger charge is 2.44. The smallest absolute Gasteiger partial charge is 0.290 e. The Morgan fingerprint density at radius 1 is 1.11 bits per heavy atom. The number of hydrogen-bond acceptors (Lipinski definition) is 4. The van der Waals surface area contributed by atoms with Crippen LogP contribution in [-0.4, -0.2) is 28.2 Å². The molecule has 5 heteroatoms. The minimum absolute atomic E-state index is 0.0753. The molecule has 5 nitrogen and oxygen atoms in total. The van der Waals surface area contributed by atoms with Crippen molar-refractivity contribution in [3.63, 3.8) is 0 Å². The summed E-state index contributed by atoms with van der Waals surface area (Å²) >= 11 is 0. The lowest BCUT2D eigenvalue weighted by Gasteiger charge is -2.26. The summed E-state index contributed by atoms with van der Waals surface area (Å²) in [5.41, 5.74) is 1.45. The summed E-state index contributed by atoms with van der Waals surface area (Å²) in [5.74, 6) is -1.35. The molecule has 1 aliphatic rings. The van der Waals surface area contributed by atoms with Crippen molar-refractivity contribution in [2.45, 2.75) is 25.8 Å². The largest absolute Gasteiger partial charge is 0.503 e. The van der Waals surface area contributed by atoms with E-state index in [1.165, 1.54) is 0 Å².